The van der Waals surface area contributed by atoms with Crippen LogP contribution in [0.25, 0.3) is 5.78 Å². The first-order valence-electron chi connectivity index (χ1n) is 6.61. The lowest BCUT2D eigenvalue weighted by Gasteiger charge is -2.18. The minimum absolute atomic E-state index is 0.0727. The van der Waals surface area contributed by atoms with Crippen LogP contribution in [-0.2, 0) is 9.53 Å². The molecule has 0 radical (unpaired) electrons. The second-order valence-electron chi connectivity index (χ2n) is 4.44. The van der Waals surface area contributed by atoms with Gasteiger partial charge in [0.1, 0.15) is 0 Å². The summed E-state index contributed by atoms with van der Waals surface area (Å²) in [7, 11) is 1.32. The van der Waals surface area contributed by atoms with Gasteiger partial charge in [0, 0.05) is 25.0 Å². The van der Waals surface area contributed by atoms with Crippen molar-refractivity contribution in [1.82, 2.24) is 24.5 Å². The Morgan fingerprint density at radius 2 is 2.19 bits per heavy atom. The summed E-state index contributed by atoms with van der Waals surface area (Å²) < 4.78 is 6.09. The zero-order chi connectivity index (χ0) is 15.4. The van der Waals surface area contributed by atoms with Crippen molar-refractivity contribution in [3.8, 4) is 0 Å². The molecule has 0 aliphatic carbocycles. The molecule has 1 amide bonds. The third-order valence-electron chi connectivity index (χ3n) is 3.10. The standard InChI is InChI=1S/C13H17N5O3/c1-4-17(8-6-10(19)21-3)12(20)11-15-13-14-7-5-9(2)18(13)16-11/h5,7H,4,6,8H2,1-3H3. The van der Waals surface area contributed by atoms with Crippen molar-refractivity contribution in [2.45, 2.75) is 20.3 Å². The van der Waals surface area contributed by atoms with Gasteiger partial charge in [-0.05, 0) is 19.9 Å². The summed E-state index contributed by atoms with van der Waals surface area (Å²) in [5, 5.41) is 4.16. The van der Waals surface area contributed by atoms with Crippen LogP contribution in [0, 0.1) is 6.92 Å². The number of methoxy groups -OCH3 is 1. The first-order valence-corrected chi connectivity index (χ1v) is 6.61. The highest BCUT2D eigenvalue weighted by Gasteiger charge is 2.20. The predicted octanol–water partition coefficient (Wildman–Crippen LogP) is 0.458. The molecular formula is C13H17N5O3. The molecule has 0 bridgehead atoms. The zero-order valence-corrected chi connectivity index (χ0v) is 12.2. The Morgan fingerprint density at radius 1 is 1.43 bits per heavy atom. The number of hydrogen-bond acceptors (Lipinski definition) is 6. The second-order valence-corrected chi connectivity index (χ2v) is 4.44. The summed E-state index contributed by atoms with van der Waals surface area (Å²) >= 11 is 0. The molecule has 0 fully saturated rings. The number of aryl methyl sites for hydroxylation is 1. The van der Waals surface area contributed by atoms with Crippen LogP contribution in [0.2, 0.25) is 0 Å². The molecule has 112 valence electrons. The van der Waals surface area contributed by atoms with Crippen LogP contribution < -0.4 is 0 Å². The van der Waals surface area contributed by atoms with Gasteiger partial charge in [0.15, 0.2) is 0 Å². The third-order valence-corrected chi connectivity index (χ3v) is 3.10. The number of aromatic nitrogens is 4. The maximum absolute atomic E-state index is 12.4. The molecule has 21 heavy (non-hydrogen) atoms. The summed E-state index contributed by atoms with van der Waals surface area (Å²) in [6, 6.07) is 1.78. The van der Waals surface area contributed by atoms with Crippen LogP contribution in [0.4, 0.5) is 0 Å². The van der Waals surface area contributed by atoms with E-state index in [1.54, 1.807) is 12.3 Å². The molecule has 8 heteroatoms. The van der Waals surface area contributed by atoms with E-state index >= 15 is 0 Å². The van der Waals surface area contributed by atoms with Gasteiger partial charge in [-0.15, -0.1) is 5.10 Å². The van der Waals surface area contributed by atoms with Gasteiger partial charge in [-0.1, -0.05) is 0 Å². The van der Waals surface area contributed by atoms with Crippen molar-refractivity contribution in [2.24, 2.45) is 0 Å². The number of amides is 1. The van der Waals surface area contributed by atoms with Crippen LogP contribution in [0.1, 0.15) is 29.7 Å². The van der Waals surface area contributed by atoms with Crippen LogP contribution >= 0.6 is 0 Å². The number of rotatable bonds is 5. The Labute approximate surface area is 121 Å². The first-order chi connectivity index (χ1) is 10.1. The van der Waals surface area contributed by atoms with Crippen LogP contribution in [0.3, 0.4) is 0 Å². The molecule has 0 aliphatic heterocycles. The fraction of sp³-hybridized carbons (Fsp3) is 0.462. The third kappa shape index (κ3) is 3.15. The average Bonchev–Trinajstić information content (AvgIpc) is 2.93. The molecule has 0 N–H and O–H groups in total. The molecule has 0 saturated heterocycles. The van der Waals surface area contributed by atoms with Crippen molar-refractivity contribution in [1.29, 1.82) is 0 Å². The monoisotopic (exact) mass is 291 g/mol. The molecule has 8 nitrogen and oxygen atoms in total. The fourth-order valence-electron chi connectivity index (χ4n) is 1.87. The van der Waals surface area contributed by atoms with Crippen molar-refractivity contribution in [3.63, 3.8) is 0 Å². The van der Waals surface area contributed by atoms with E-state index in [0.29, 0.717) is 12.3 Å². The van der Waals surface area contributed by atoms with Gasteiger partial charge in [-0.3, -0.25) is 9.59 Å². The molecule has 0 saturated carbocycles. The summed E-state index contributed by atoms with van der Waals surface area (Å²) in [5.74, 6) is -0.237. The summed E-state index contributed by atoms with van der Waals surface area (Å²) in [6.45, 7) is 4.41. The van der Waals surface area contributed by atoms with Gasteiger partial charge in [0.05, 0.1) is 13.5 Å². The summed E-state index contributed by atoms with van der Waals surface area (Å²) in [4.78, 5) is 33.2. The first kappa shape index (κ1) is 14.9. The highest BCUT2D eigenvalue weighted by atomic mass is 16.5. The van der Waals surface area contributed by atoms with Crippen molar-refractivity contribution in [3.05, 3.63) is 23.8 Å². The Kier molecular flexibility index (Phi) is 4.46. The lowest BCUT2D eigenvalue weighted by molar-refractivity contribution is -0.140. The Balaban J connectivity index is 2.19. The van der Waals surface area contributed by atoms with E-state index < -0.39 is 0 Å². The zero-order valence-electron chi connectivity index (χ0n) is 12.2. The highest BCUT2D eigenvalue weighted by molar-refractivity contribution is 5.91. The van der Waals surface area contributed by atoms with Gasteiger partial charge in [0.2, 0.25) is 5.82 Å². The Morgan fingerprint density at radius 3 is 2.81 bits per heavy atom. The summed E-state index contributed by atoms with van der Waals surface area (Å²) in [5.41, 5.74) is 0.837. The van der Waals surface area contributed by atoms with E-state index in [2.05, 4.69) is 19.8 Å². The normalized spacial score (nSPS) is 10.6. The predicted molar refractivity (Wildman–Crippen MR) is 73.7 cm³/mol. The quantitative estimate of drug-likeness (QED) is 0.743. The molecule has 2 heterocycles. The van der Waals surface area contributed by atoms with Crippen LogP contribution in [0.5, 0.6) is 0 Å². The molecule has 0 spiro atoms. The molecular weight excluding hydrogens is 274 g/mol. The number of esters is 1. The SMILES string of the molecule is CCN(CCC(=O)OC)C(=O)c1nc2nccc(C)n2n1. The largest absolute Gasteiger partial charge is 0.469 e. The average molecular weight is 291 g/mol. The minimum Gasteiger partial charge on any atom is -0.469 e. The van der Waals surface area contributed by atoms with E-state index in [0.717, 1.165) is 5.69 Å². The van der Waals surface area contributed by atoms with Crippen molar-refractivity contribution in [2.75, 3.05) is 20.2 Å². The smallest absolute Gasteiger partial charge is 0.307 e. The number of carbonyl (C=O) groups is 2. The van der Waals surface area contributed by atoms with E-state index in [4.69, 9.17) is 0 Å². The molecule has 2 aromatic heterocycles. The van der Waals surface area contributed by atoms with Crippen molar-refractivity contribution < 1.29 is 14.3 Å². The van der Waals surface area contributed by atoms with Gasteiger partial charge in [0.25, 0.3) is 11.7 Å². The van der Waals surface area contributed by atoms with Crippen molar-refractivity contribution >= 4 is 17.7 Å². The molecule has 0 atom stereocenters. The molecule has 2 aromatic rings. The Bertz CT molecular complexity index is 667. The van der Waals surface area contributed by atoms with E-state index in [-0.39, 0.29) is 30.7 Å². The van der Waals surface area contributed by atoms with E-state index in [9.17, 15) is 9.59 Å². The molecule has 0 unspecified atom stereocenters. The second kappa shape index (κ2) is 6.29. The van der Waals surface area contributed by atoms with Crippen LogP contribution in [0.15, 0.2) is 12.3 Å². The topological polar surface area (TPSA) is 89.7 Å². The number of fused-ring (bicyclic) bond motifs is 1. The number of ether oxygens (including phenoxy) is 1. The lowest BCUT2D eigenvalue weighted by atomic mass is 10.3. The van der Waals surface area contributed by atoms with Crippen LogP contribution in [-0.4, -0.2) is 56.6 Å². The maximum atomic E-state index is 12.4. The van der Waals surface area contributed by atoms with Gasteiger partial charge >= 0.3 is 5.97 Å². The maximum Gasteiger partial charge on any atom is 0.307 e. The molecule has 2 rings (SSSR count). The van der Waals surface area contributed by atoms with Gasteiger partial charge in [-0.2, -0.15) is 4.98 Å². The Hall–Kier alpha value is -2.51. The number of hydrogen-bond donors (Lipinski definition) is 0. The molecule has 0 aromatic carbocycles. The lowest BCUT2D eigenvalue weighted by Crippen LogP contribution is -2.33. The van der Waals surface area contributed by atoms with Gasteiger partial charge in [-0.25, -0.2) is 9.50 Å². The number of nitrogens with zero attached hydrogens (tertiary/aromatic N) is 5. The summed E-state index contributed by atoms with van der Waals surface area (Å²) in [6.07, 6.45) is 1.75. The van der Waals surface area contributed by atoms with Gasteiger partial charge < -0.3 is 9.64 Å². The highest BCUT2D eigenvalue weighted by Crippen LogP contribution is 2.05. The van der Waals surface area contributed by atoms with E-state index in [1.165, 1.54) is 16.5 Å². The molecule has 0 aliphatic rings. The minimum atomic E-state index is -0.360. The fourth-order valence-corrected chi connectivity index (χ4v) is 1.87. The van der Waals surface area contributed by atoms with E-state index in [1.807, 2.05) is 13.8 Å². The number of carbonyl (C=O) groups excluding carboxylic acids is 2.